The Morgan fingerprint density at radius 2 is 1.95 bits per heavy atom. The van der Waals surface area contributed by atoms with Crippen molar-refractivity contribution in [1.29, 1.82) is 0 Å². The van der Waals surface area contributed by atoms with E-state index in [0.717, 1.165) is 25.1 Å². The van der Waals surface area contributed by atoms with Crippen molar-refractivity contribution in [2.75, 3.05) is 0 Å². The number of nitrogens with two attached hydrogens (primary N) is 1. The second-order valence-corrected chi connectivity index (χ2v) is 5.78. The smallest absolute Gasteiger partial charge is 0.243 e. The molecule has 0 saturated carbocycles. The Morgan fingerprint density at radius 3 is 2.55 bits per heavy atom. The molecule has 4 nitrogen and oxygen atoms in total. The Morgan fingerprint density at radius 1 is 1.30 bits per heavy atom. The van der Waals surface area contributed by atoms with Gasteiger partial charge in [-0.05, 0) is 29.9 Å². The molecule has 1 aromatic carbocycles. The molecule has 0 spiro atoms. The maximum atomic E-state index is 6.15. The first-order valence-corrected chi connectivity index (χ1v) is 7.35. The summed E-state index contributed by atoms with van der Waals surface area (Å²) >= 11 is 0. The van der Waals surface area contributed by atoms with E-state index in [9.17, 15) is 0 Å². The second-order valence-electron chi connectivity index (χ2n) is 5.78. The number of rotatable bonds is 4. The summed E-state index contributed by atoms with van der Waals surface area (Å²) in [6.07, 6.45) is 3.00. The molecule has 1 heterocycles. The van der Waals surface area contributed by atoms with Crippen molar-refractivity contribution in [3.8, 4) is 0 Å². The van der Waals surface area contributed by atoms with Gasteiger partial charge in [0.15, 0.2) is 5.82 Å². The molecule has 0 aliphatic heterocycles. The lowest BCUT2D eigenvalue weighted by Crippen LogP contribution is -2.19. The van der Waals surface area contributed by atoms with Crippen molar-refractivity contribution in [3.05, 3.63) is 47.1 Å². The summed E-state index contributed by atoms with van der Waals surface area (Å²) in [5, 5.41) is 4.15. The summed E-state index contributed by atoms with van der Waals surface area (Å²) in [7, 11) is 0. The van der Waals surface area contributed by atoms with Gasteiger partial charge in [-0.1, -0.05) is 49.7 Å². The van der Waals surface area contributed by atoms with Crippen molar-refractivity contribution in [2.45, 2.75) is 45.1 Å². The lowest BCUT2D eigenvalue weighted by Gasteiger charge is -2.13. The zero-order valence-electron chi connectivity index (χ0n) is 12.0. The molecule has 0 amide bonds. The van der Waals surface area contributed by atoms with Crippen LogP contribution in [0.4, 0.5) is 0 Å². The molecule has 0 radical (unpaired) electrons. The predicted molar refractivity (Wildman–Crippen MR) is 77.3 cm³/mol. The zero-order valence-corrected chi connectivity index (χ0v) is 12.0. The molecule has 3 rings (SSSR count). The van der Waals surface area contributed by atoms with E-state index in [0.29, 0.717) is 17.7 Å². The molecule has 2 atom stereocenters. The van der Waals surface area contributed by atoms with E-state index in [1.807, 2.05) is 0 Å². The largest absolute Gasteiger partial charge is 0.338 e. The number of benzene rings is 1. The van der Waals surface area contributed by atoms with Gasteiger partial charge in [0, 0.05) is 5.92 Å². The van der Waals surface area contributed by atoms with Crippen molar-refractivity contribution < 1.29 is 4.52 Å². The molecule has 0 bridgehead atoms. The van der Waals surface area contributed by atoms with E-state index in [-0.39, 0.29) is 6.04 Å². The molecule has 2 unspecified atom stereocenters. The Balaban J connectivity index is 1.76. The highest BCUT2D eigenvalue weighted by Crippen LogP contribution is 2.33. The fraction of sp³-hybridized carbons (Fsp3) is 0.500. The molecule has 1 aliphatic carbocycles. The van der Waals surface area contributed by atoms with Crippen LogP contribution in [0.1, 0.15) is 55.1 Å². The lowest BCUT2D eigenvalue weighted by atomic mass is 10.00. The Kier molecular flexibility index (Phi) is 3.57. The highest BCUT2D eigenvalue weighted by Gasteiger charge is 2.28. The molecule has 2 N–H and O–H groups in total. The standard InChI is InChI=1S/C16H21N3O/c1-3-10(2)14(17)16-18-15(19-20-16)13-8-11-6-4-5-7-12(11)9-13/h4-7,10,13-14H,3,8-9,17H2,1-2H3. The summed E-state index contributed by atoms with van der Waals surface area (Å²) in [5.74, 6) is 2.05. The minimum absolute atomic E-state index is 0.162. The average molecular weight is 271 g/mol. The number of hydrogen-bond donors (Lipinski definition) is 1. The SMILES string of the molecule is CCC(C)C(N)c1nc(C2Cc3ccccc3C2)no1. The summed E-state index contributed by atoms with van der Waals surface area (Å²) in [6, 6.07) is 8.37. The van der Waals surface area contributed by atoms with Gasteiger partial charge in [0.1, 0.15) is 0 Å². The first-order valence-electron chi connectivity index (χ1n) is 7.35. The monoisotopic (exact) mass is 271 g/mol. The molecular weight excluding hydrogens is 250 g/mol. The highest BCUT2D eigenvalue weighted by molar-refractivity contribution is 5.34. The fourth-order valence-corrected chi connectivity index (χ4v) is 2.79. The molecule has 20 heavy (non-hydrogen) atoms. The summed E-state index contributed by atoms with van der Waals surface area (Å²) in [4.78, 5) is 4.54. The van der Waals surface area contributed by atoms with Gasteiger partial charge in [-0.15, -0.1) is 0 Å². The van der Waals surface area contributed by atoms with E-state index in [1.165, 1.54) is 11.1 Å². The number of fused-ring (bicyclic) bond motifs is 1. The third-order valence-corrected chi connectivity index (χ3v) is 4.42. The van der Waals surface area contributed by atoms with Gasteiger partial charge in [-0.3, -0.25) is 0 Å². The first-order chi connectivity index (χ1) is 9.69. The van der Waals surface area contributed by atoms with Crippen LogP contribution in [0, 0.1) is 5.92 Å². The highest BCUT2D eigenvalue weighted by atomic mass is 16.5. The molecule has 1 aromatic heterocycles. The van der Waals surface area contributed by atoms with Crippen LogP contribution in [0.15, 0.2) is 28.8 Å². The molecule has 0 fully saturated rings. The normalized spacial score (nSPS) is 17.9. The van der Waals surface area contributed by atoms with Crippen molar-refractivity contribution in [3.63, 3.8) is 0 Å². The lowest BCUT2D eigenvalue weighted by molar-refractivity contribution is 0.309. The zero-order chi connectivity index (χ0) is 14.1. The van der Waals surface area contributed by atoms with Crippen LogP contribution >= 0.6 is 0 Å². The van der Waals surface area contributed by atoms with Gasteiger partial charge < -0.3 is 10.3 Å². The Hall–Kier alpha value is -1.68. The molecule has 2 aromatic rings. The second kappa shape index (κ2) is 5.37. The predicted octanol–water partition coefficient (Wildman–Crippen LogP) is 3.00. The van der Waals surface area contributed by atoms with Crippen LogP contribution < -0.4 is 5.73 Å². The van der Waals surface area contributed by atoms with Crippen molar-refractivity contribution in [2.24, 2.45) is 11.7 Å². The minimum atomic E-state index is -0.162. The van der Waals surface area contributed by atoms with E-state index in [1.54, 1.807) is 0 Å². The van der Waals surface area contributed by atoms with Crippen molar-refractivity contribution in [1.82, 2.24) is 10.1 Å². The quantitative estimate of drug-likeness (QED) is 0.928. The fourth-order valence-electron chi connectivity index (χ4n) is 2.79. The van der Waals surface area contributed by atoms with Crippen LogP contribution in [-0.4, -0.2) is 10.1 Å². The number of nitrogens with zero attached hydrogens (tertiary/aromatic N) is 2. The van der Waals surface area contributed by atoms with E-state index < -0.39 is 0 Å². The average Bonchev–Trinajstić information content (AvgIpc) is 3.11. The van der Waals surface area contributed by atoms with Gasteiger partial charge in [-0.2, -0.15) is 4.98 Å². The van der Waals surface area contributed by atoms with Gasteiger partial charge >= 0.3 is 0 Å². The van der Waals surface area contributed by atoms with Gasteiger partial charge in [0.2, 0.25) is 5.89 Å². The van der Waals surface area contributed by atoms with Crippen molar-refractivity contribution >= 4 is 0 Å². The third kappa shape index (κ3) is 2.36. The molecule has 1 aliphatic rings. The van der Waals surface area contributed by atoms with E-state index in [2.05, 4.69) is 48.3 Å². The van der Waals surface area contributed by atoms with Crippen LogP contribution in [-0.2, 0) is 12.8 Å². The summed E-state index contributed by atoms with van der Waals surface area (Å²) in [6.45, 7) is 4.23. The maximum Gasteiger partial charge on any atom is 0.243 e. The Bertz CT molecular complexity index is 568. The van der Waals surface area contributed by atoms with Gasteiger partial charge in [0.05, 0.1) is 6.04 Å². The van der Waals surface area contributed by atoms with Gasteiger partial charge in [0.25, 0.3) is 0 Å². The van der Waals surface area contributed by atoms with Crippen LogP contribution in [0.25, 0.3) is 0 Å². The molecule has 4 heteroatoms. The third-order valence-electron chi connectivity index (χ3n) is 4.42. The van der Waals surface area contributed by atoms with Crippen LogP contribution in [0.3, 0.4) is 0 Å². The Labute approximate surface area is 119 Å². The minimum Gasteiger partial charge on any atom is -0.338 e. The maximum absolute atomic E-state index is 6.15. The van der Waals surface area contributed by atoms with E-state index >= 15 is 0 Å². The molecule has 106 valence electrons. The molecular formula is C16H21N3O. The molecule has 0 saturated heterocycles. The summed E-state index contributed by atoms with van der Waals surface area (Å²) < 4.78 is 5.37. The topological polar surface area (TPSA) is 64.9 Å². The first kappa shape index (κ1) is 13.3. The summed E-state index contributed by atoms with van der Waals surface area (Å²) in [5.41, 5.74) is 8.95. The van der Waals surface area contributed by atoms with E-state index in [4.69, 9.17) is 10.3 Å². The number of aromatic nitrogens is 2. The van der Waals surface area contributed by atoms with Gasteiger partial charge in [-0.25, -0.2) is 0 Å². The van der Waals surface area contributed by atoms with Crippen LogP contribution in [0.5, 0.6) is 0 Å². The van der Waals surface area contributed by atoms with Crippen LogP contribution in [0.2, 0.25) is 0 Å². The number of hydrogen-bond acceptors (Lipinski definition) is 4.